The summed E-state index contributed by atoms with van der Waals surface area (Å²) in [6.07, 6.45) is 1.74. The lowest BCUT2D eigenvalue weighted by molar-refractivity contribution is 0.194. The number of nitrogens with zero attached hydrogens (tertiary/aromatic N) is 3. The first-order valence-corrected chi connectivity index (χ1v) is 8.86. The first-order chi connectivity index (χ1) is 11.6. The summed E-state index contributed by atoms with van der Waals surface area (Å²) in [5, 5.41) is 2.94. The van der Waals surface area contributed by atoms with Gasteiger partial charge in [0.15, 0.2) is 0 Å². The minimum absolute atomic E-state index is 0.0228. The Labute approximate surface area is 150 Å². The Kier molecular flexibility index (Phi) is 5.35. The molecule has 5 nitrogen and oxygen atoms in total. The highest BCUT2D eigenvalue weighted by molar-refractivity contribution is 9.10. The van der Waals surface area contributed by atoms with Crippen molar-refractivity contribution in [1.29, 1.82) is 0 Å². The molecule has 24 heavy (non-hydrogen) atoms. The van der Waals surface area contributed by atoms with Gasteiger partial charge in [0.1, 0.15) is 0 Å². The molecule has 6 heteroatoms. The van der Waals surface area contributed by atoms with Crippen LogP contribution in [0.3, 0.4) is 0 Å². The molecule has 1 N–H and O–H groups in total. The molecule has 0 aliphatic carbocycles. The van der Waals surface area contributed by atoms with E-state index in [1.165, 1.54) is 11.3 Å². The molecular weight excluding hydrogens is 368 g/mol. The van der Waals surface area contributed by atoms with Crippen LogP contribution in [-0.4, -0.2) is 42.1 Å². The van der Waals surface area contributed by atoms with E-state index in [9.17, 15) is 4.79 Å². The van der Waals surface area contributed by atoms with Gasteiger partial charge in [0.05, 0.1) is 12.2 Å². The minimum atomic E-state index is -0.0228. The molecule has 0 unspecified atom stereocenters. The van der Waals surface area contributed by atoms with Crippen molar-refractivity contribution >= 4 is 27.6 Å². The average Bonchev–Trinajstić information content (AvgIpc) is 2.63. The summed E-state index contributed by atoms with van der Waals surface area (Å²) in [5.74, 6) is 0. The van der Waals surface area contributed by atoms with Gasteiger partial charge in [0.25, 0.3) is 0 Å². The molecule has 0 bridgehead atoms. The van der Waals surface area contributed by atoms with Gasteiger partial charge in [-0.15, -0.1) is 0 Å². The van der Waals surface area contributed by atoms with E-state index in [2.05, 4.69) is 56.3 Å². The second kappa shape index (κ2) is 7.66. The fourth-order valence-corrected chi connectivity index (χ4v) is 3.09. The van der Waals surface area contributed by atoms with Gasteiger partial charge in [0, 0.05) is 42.5 Å². The molecule has 3 rings (SSSR count). The standard InChI is InChI=1S/C18H21BrN4O/c1-14-5-6-16(12-17(14)19)22-8-10-23(11-9-22)18(24)21-13-15-4-2-3-7-20-15/h2-7,12H,8-11,13H2,1H3,(H,21,24). The van der Waals surface area contributed by atoms with Crippen molar-refractivity contribution in [2.75, 3.05) is 31.1 Å². The summed E-state index contributed by atoms with van der Waals surface area (Å²) >= 11 is 3.58. The highest BCUT2D eigenvalue weighted by Gasteiger charge is 2.21. The summed E-state index contributed by atoms with van der Waals surface area (Å²) in [6.45, 7) is 5.67. The number of halogens is 1. The van der Waals surface area contributed by atoms with Gasteiger partial charge < -0.3 is 15.1 Å². The second-order valence-corrected chi connectivity index (χ2v) is 6.74. The predicted octanol–water partition coefficient (Wildman–Crippen LogP) is 3.18. The summed E-state index contributed by atoms with van der Waals surface area (Å²) in [4.78, 5) is 20.7. The van der Waals surface area contributed by atoms with Crippen LogP contribution in [0.4, 0.5) is 10.5 Å². The molecule has 0 radical (unpaired) electrons. The van der Waals surface area contributed by atoms with Gasteiger partial charge in [-0.3, -0.25) is 4.98 Å². The van der Waals surface area contributed by atoms with E-state index in [0.717, 1.165) is 36.3 Å². The van der Waals surface area contributed by atoms with E-state index >= 15 is 0 Å². The molecule has 126 valence electrons. The number of rotatable bonds is 3. The van der Waals surface area contributed by atoms with Gasteiger partial charge in [-0.05, 0) is 36.8 Å². The Hall–Kier alpha value is -2.08. The fourth-order valence-electron chi connectivity index (χ4n) is 2.73. The van der Waals surface area contributed by atoms with Crippen LogP contribution in [0.1, 0.15) is 11.3 Å². The molecule has 1 aliphatic rings. The fraction of sp³-hybridized carbons (Fsp3) is 0.333. The normalized spacial score (nSPS) is 14.6. The lowest BCUT2D eigenvalue weighted by atomic mass is 10.2. The van der Waals surface area contributed by atoms with Crippen molar-refractivity contribution < 1.29 is 4.79 Å². The summed E-state index contributed by atoms with van der Waals surface area (Å²) in [5.41, 5.74) is 3.29. The van der Waals surface area contributed by atoms with Gasteiger partial charge >= 0.3 is 6.03 Å². The third-order valence-electron chi connectivity index (χ3n) is 4.23. The number of nitrogens with one attached hydrogen (secondary N) is 1. The number of amides is 2. The van der Waals surface area contributed by atoms with Crippen LogP contribution in [0.2, 0.25) is 0 Å². The Morgan fingerprint density at radius 3 is 2.67 bits per heavy atom. The van der Waals surface area contributed by atoms with Crippen molar-refractivity contribution in [2.45, 2.75) is 13.5 Å². The van der Waals surface area contributed by atoms with E-state index < -0.39 is 0 Å². The van der Waals surface area contributed by atoms with Crippen molar-refractivity contribution in [3.05, 3.63) is 58.3 Å². The van der Waals surface area contributed by atoms with E-state index in [-0.39, 0.29) is 6.03 Å². The van der Waals surface area contributed by atoms with Crippen LogP contribution in [0.15, 0.2) is 47.1 Å². The van der Waals surface area contributed by atoms with Crippen LogP contribution in [0.25, 0.3) is 0 Å². The van der Waals surface area contributed by atoms with Gasteiger partial charge in [0.2, 0.25) is 0 Å². The monoisotopic (exact) mass is 388 g/mol. The Morgan fingerprint density at radius 1 is 1.21 bits per heavy atom. The number of carbonyl (C=O) groups is 1. The number of aromatic nitrogens is 1. The van der Waals surface area contributed by atoms with Crippen molar-refractivity contribution in [2.24, 2.45) is 0 Å². The number of hydrogen-bond acceptors (Lipinski definition) is 3. The number of hydrogen-bond donors (Lipinski definition) is 1. The number of anilines is 1. The number of carbonyl (C=O) groups excluding carboxylic acids is 1. The predicted molar refractivity (Wildman–Crippen MR) is 99.1 cm³/mol. The number of piperazine rings is 1. The highest BCUT2D eigenvalue weighted by atomic mass is 79.9. The largest absolute Gasteiger partial charge is 0.368 e. The van der Waals surface area contributed by atoms with Crippen LogP contribution in [-0.2, 0) is 6.54 Å². The minimum Gasteiger partial charge on any atom is -0.368 e. The molecule has 1 aromatic carbocycles. The maximum Gasteiger partial charge on any atom is 0.317 e. The lowest BCUT2D eigenvalue weighted by Crippen LogP contribution is -2.51. The van der Waals surface area contributed by atoms with Crippen molar-refractivity contribution in [3.8, 4) is 0 Å². The third kappa shape index (κ3) is 4.06. The third-order valence-corrected chi connectivity index (χ3v) is 5.09. The molecule has 1 aromatic heterocycles. The van der Waals surface area contributed by atoms with E-state index in [4.69, 9.17) is 0 Å². The van der Waals surface area contributed by atoms with Crippen LogP contribution >= 0.6 is 15.9 Å². The molecule has 2 heterocycles. The van der Waals surface area contributed by atoms with Gasteiger partial charge in [-0.1, -0.05) is 28.1 Å². The van der Waals surface area contributed by atoms with Crippen LogP contribution in [0, 0.1) is 6.92 Å². The average molecular weight is 389 g/mol. The quantitative estimate of drug-likeness (QED) is 0.877. The zero-order valence-electron chi connectivity index (χ0n) is 13.7. The van der Waals surface area contributed by atoms with Crippen LogP contribution < -0.4 is 10.2 Å². The maximum atomic E-state index is 12.3. The SMILES string of the molecule is Cc1ccc(N2CCN(C(=O)NCc3ccccn3)CC2)cc1Br. The van der Waals surface area contributed by atoms with Gasteiger partial charge in [-0.2, -0.15) is 0 Å². The second-order valence-electron chi connectivity index (χ2n) is 5.89. The summed E-state index contributed by atoms with van der Waals surface area (Å²) < 4.78 is 1.12. The molecule has 0 atom stereocenters. The molecule has 0 spiro atoms. The maximum absolute atomic E-state index is 12.3. The molecule has 1 fully saturated rings. The first kappa shape index (κ1) is 16.8. The van der Waals surface area contributed by atoms with E-state index in [1.54, 1.807) is 6.20 Å². The topological polar surface area (TPSA) is 48.5 Å². The number of aryl methyl sites for hydroxylation is 1. The Morgan fingerprint density at radius 2 is 2.00 bits per heavy atom. The van der Waals surface area contributed by atoms with Crippen molar-refractivity contribution in [3.63, 3.8) is 0 Å². The lowest BCUT2D eigenvalue weighted by Gasteiger charge is -2.36. The molecule has 2 amide bonds. The molecular formula is C18H21BrN4O. The highest BCUT2D eigenvalue weighted by Crippen LogP contribution is 2.24. The smallest absolute Gasteiger partial charge is 0.317 e. The number of benzene rings is 1. The van der Waals surface area contributed by atoms with Gasteiger partial charge in [-0.25, -0.2) is 4.79 Å². The first-order valence-electron chi connectivity index (χ1n) is 8.07. The molecule has 1 aliphatic heterocycles. The summed E-state index contributed by atoms with van der Waals surface area (Å²) in [7, 11) is 0. The van der Waals surface area contributed by atoms with E-state index in [0.29, 0.717) is 6.54 Å². The molecule has 0 saturated carbocycles. The zero-order chi connectivity index (χ0) is 16.9. The number of pyridine rings is 1. The van der Waals surface area contributed by atoms with Crippen LogP contribution in [0.5, 0.6) is 0 Å². The summed E-state index contributed by atoms with van der Waals surface area (Å²) in [6, 6.07) is 12.1. The van der Waals surface area contributed by atoms with E-state index in [1.807, 2.05) is 23.1 Å². The molecule has 1 saturated heterocycles. The Balaban J connectivity index is 1.51. The zero-order valence-corrected chi connectivity index (χ0v) is 15.3. The van der Waals surface area contributed by atoms with Crippen molar-refractivity contribution in [1.82, 2.24) is 15.2 Å². The Bertz CT molecular complexity index is 699. The molecule has 2 aromatic rings. The number of urea groups is 1.